The first kappa shape index (κ1) is 16.9. The number of sulfonamides is 1. The molecule has 1 aromatic carbocycles. The van der Waals surface area contributed by atoms with Crippen molar-refractivity contribution in [3.8, 4) is 5.75 Å². The van der Waals surface area contributed by atoms with E-state index in [0.717, 1.165) is 5.56 Å². The van der Waals surface area contributed by atoms with Gasteiger partial charge in [0, 0.05) is 12.6 Å². The van der Waals surface area contributed by atoms with Crippen LogP contribution in [0.5, 0.6) is 5.75 Å². The molecule has 0 heterocycles. The Kier molecular flexibility index (Phi) is 5.98. The van der Waals surface area contributed by atoms with Gasteiger partial charge in [-0.15, -0.1) is 0 Å². The molecule has 0 bridgehead atoms. The number of rotatable bonds is 7. The molecular weight excluding hydrogens is 276 g/mol. The van der Waals surface area contributed by atoms with Crippen LogP contribution in [-0.4, -0.2) is 27.1 Å². The highest BCUT2D eigenvalue weighted by Gasteiger charge is 2.15. The van der Waals surface area contributed by atoms with Crippen LogP contribution in [-0.2, 0) is 10.0 Å². The van der Waals surface area contributed by atoms with Gasteiger partial charge in [0.1, 0.15) is 5.75 Å². The number of nitrogens with two attached hydrogens (primary N) is 1. The maximum absolute atomic E-state index is 12.1. The molecule has 0 aliphatic rings. The number of aryl methyl sites for hydroxylation is 1. The summed E-state index contributed by atoms with van der Waals surface area (Å²) in [7, 11) is -3.48. The monoisotopic (exact) mass is 300 g/mol. The molecule has 0 aliphatic carbocycles. The summed E-state index contributed by atoms with van der Waals surface area (Å²) >= 11 is 0. The van der Waals surface area contributed by atoms with E-state index in [9.17, 15) is 8.42 Å². The summed E-state index contributed by atoms with van der Waals surface area (Å²) in [6.07, 6.45) is 0.660. The van der Waals surface area contributed by atoms with Crippen molar-refractivity contribution in [1.82, 2.24) is 4.72 Å². The second kappa shape index (κ2) is 7.06. The minimum absolute atomic E-state index is 0.0266. The van der Waals surface area contributed by atoms with Crippen molar-refractivity contribution in [2.24, 2.45) is 5.73 Å². The Labute approximate surface area is 121 Å². The SMILES string of the molecule is Cc1cc(S(=O)(=O)NCC[C@@H](C)N)ccc1OC(C)C. The fourth-order valence-corrected chi connectivity index (χ4v) is 2.81. The third-order valence-corrected chi connectivity index (χ3v) is 4.17. The molecule has 0 amide bonds. The van der Waals surface area contributed by atoms with E-state index < -0.39 is 10.0 Å². The first-order chi connectivity index (χ1) is 9.22. The average Bonchev–Trinajstić information content (AvgIpc) is 2.30. The Bertz CT molecular complexity index is 539. The zero-order chi connectivity index (χ0) is 15.3. The molecule has 0 saturated heterocycles. The standard InChI is InChI=1S/C14H24N2O3S/c1-10(2)19-14-6-5-13(9-11(14)3)20(17,18)16-8-7-12(4)15/h5-6,9-10,12,16H,7-8,15H2,1-4H3/t12-/m1/s1. The van der Waals surface area contributed by atoms with Crippen LogP contribution in [0.15, 0.2) is 23.1 Å². The van der Waals surface area contributed by atoms with Crippen LogP contribution in [0.4, 0.5) is 0 Å². The molecule has 0 aliphatic heterocycles. The molecule has 0 aromatic heterocycles. The summed E-state index contributed by atoms with van der Waals surface area (Å²) in [4.78, 5) is 0.246. The predicted molar refractivity (Wildman–Crippen MR) is 80.4 cm³/mol. The summed E-state index contributed by atoms with van der Waals surface area (Å²) in [6, 6.07) is 4.83. The molecular formula is C14H24N2O3S. The topological polar surface area (TPSA) is 81.4 Å². The highest BCUT2D eigenvalue weighted by molar-refractivity contribution is 7.89. The second-order valence-corrected chi connectivity index (χ2v) is 7.02. The van der Waals surface area contributed by atoms with Gasteiger partial charge < -0.3 is 10.5 Å². The Morgan fingerprint density at radius 1 is 1.30 bits per heavy atom. The van der Waals surface area contributed by atoms with Gasteiger partial charge in [0.25, 0.3) is 0 Å². The first-order valence-electron chi connectivity index (χ1n) is 6.75. The van der Waals surface area contributed by atoms with Gasteiger partial charge in [-0.2, -0.15) is 0 Å². The van der Waals surface area contributed by atoms with Crippen molar-refractivity contribution in [3.05, 3.63) is 23.8 Å². The minimum atomic E-state index is -3.48. The molecule has 0 spiro atoms. The lowest BCUT2D eigenvalue weighted by molar-refractivity contribution is 0.240. The van der Waals surface area contributed by atoms with Gasteiger partial charge >= 0.3 is 0 Å². The molecule has 3 N–H and O–H groups in total. The van der Waals surface area contributed by atoms with Crippen molar-refractivity contribution < 1.29 is 13.2 Å². The van der Waals surface area contributed by atoms with E-state index in [0.29, 0.717) is 18.7 Å². The van der Waals surface area contributed by atoms with Crippen LogP contribution < -0.4 is 15.2 Å². The molecule has 0 fully saturated rings. The van der Waals surface area contributed by atoms with Gasteiger partial charge in [0.2, 0.25) is 10.0 Å². The van der Waals surface area contributed by atoms with Crippen molar-refractivity contribution in [1.29, 1.82) is 0 Å². The highest BCUT2D eigenvalue weighted by Crippen LogP contribution is 2.22. The summed E-state index contributed by atoms with van der Waals surface area (Å²) in [5.41, 5.74) is 6.40. The van der Waals surface area contributed by atoms with Gasteiger partial charge in [-0.25, -0.2) is 13.1 Å². The first-order valence-corrected chi connectivity index (χ1v) is 8.23. The molecule has 1 aromatic rings. The zero-order valence-electron chi connectivity index (χ0n) is 12.5. The van der Waals surface area contributed by atoms with Crippen LogP contribution in [0.25, 0.3) is 0 Å². The molecule has 0 saturated carbocycles. The Morgan fingerprint density at radius 2 is 1.95 bits per heavy atom. The van der Waals surface area contributed by atoms with Crippen molar-refractivity contribution in [2.75, 3.05) is 6.54 Å². The highest BCUT2D eigenvalue weighted by atomic mass is 32.2. The van der Waals surface area contributed by atoms with E-state index in [-0.39, 0.29) is 17.0 Å². The molecule has 0 unspecified atom stereocenters. The lowest BCUT2D eigenvalue weighted by Gasteiger charge is -2.14. The second-order valence-electron chi connectivity index (χ2n) is 5.26. The summed E-state index contributed by atoms with van der Waals surface area (Å²) in [5, 5.41) is 0. The van der Waals surface area contributed by atoms with Crippen molar-refractivity contribution >= 4 is 10.0 Å². The van der Waals surface area contributed by atoms with E-state index in [2.05, 4.69) is 4.72 Å². The lowest BCUT2D eigenvalue weighted by Crippen LogP contribution is -2.29. The number of benzene rings is 1. The van der Waals surface area contributed by atoms with Crippen molar-refractivity contribution in [2.45, 2.75) is 51.2 Å². The number of ether oxygens (including phenoxy) is 1. The fourth-order valence-electron chi connectivity index (χ4n) is 1.68. The van der Waals surface area contributed by atoms with E-state index in [1.807, 2.05) is 27.7 Å². The average molecular weight is 300 g/mol. The molecule has 6 heteroatoms. The van der Waals surface area contributed by atoms with Crippen LogP contribution in [0, 0.1) is 6.92 Å². The molecule has 114 valence electrons. The largest absolute Gasteiger partial charge is 0.491 e. The lowest BCUT2D eigenvalue weighted by atomic mass is 10.2. The molecule has 5 nitrogen and oxygen atoms in total. The fraction of sp³-hybridized carbons (Fsp3) is 0.571. The van der Waals surface area contributed by atoms with E-state index in [4.69, 9.17) is 10.5 Å². The smallest absolute Gasteiger partial charge is 0.240 e. The molecule has 1 atom stereocenters. The maximum atomic E-state index is 12.1. The minimum Gasteiger partial charge on any atom is -0.491 e. The molecule has 20 heavy (non-hydrogen) atoms. The van der Waals surface area contributed by atoms with Gasteiger partial charge in [-0.1, -0.05) is 0 Å². The Balaban J connectivity index is 2.83. The molecule has 0 radical (unpaired) electrons. The normalized spacial score (nSPS) is 13.5. The van der Waals surface area contributed by atoms with Crippen molar-refractivity contribution in [3.63, 3.8) is 0 Å². The van der Waals surface area contributed by atoms with Gasteiger partial charge in [-0.3, -0.25) is 0 Å². The number of nitrogens with one attached hydrogen (secondary N) is 1. The van der Waals surface area contributed by atoms with E-state index >= 15 is 0 Å². The summed E-state index contributed by atoms with van der Waals surface area (Å²) in [6.45, 7) is 7.87. The maximum Gasteiger partial charge on any atom is 0.240 e. The number of hydrogen-bond acceptors (Lipinski definition) is 4. The third kappa shape index (κ3) is 5.11. The summed E-state index contributed by atoms with van der Waals surface area (Å²) < 4.78 is 32.4. The van der Waals surface area contributed by atoms with Gasteiger partial charge in [-0.05, 0) is 57.9 Å². The van der Waals surface area contributed by atoms with Crippen LogP contribution in [0.3, 0.4) is 0 Å². The van der Waals surface area contributed by atoms with Gasteiger partial charge in [0.15, 0.2) is 0 Å². The Hall–Kier alpha value is -1.11. The Morgan fingerprint density at radius 3 is 2.45 bits per heavy atom. The third-order valence-electron chi connectivity index (χ3n) is 2.71. The van der Waals surface area contributed by atoms with Gasteiger partial charge in [0.05, 0.1) is 11.0 Å². The molecule has 1 rings (SSSR count). The predicted octanol–water partition coefficient (Wildman–Crippen LogP) is 1.80. The van der Waals surface area contributed by atoms with Crippen LogP contribution in [0.1, 0.15) is 32.8 Å². The van der Waals surface area contributed by atoms with Crippen LogP contribution >= 0.6 is 0 Å². The zero-order valence-corrected chi connectivity index (χ0v) is 13.3. The van der Waals surface area contributed by atoms with Crippen LogP contribution in [0.2, 0.25) is 0 Å². The van der Waals surface area contributed by atoms with E-state index in [1.54, 1.807) is 18.2 Å². The van der Waals surface area contributed by atoms with E-state index in [1.165, 1.54) is 0 Å². The summed E-state index contributed by atoms with van der Waals surface area (Å²) in [5.74, 6) is 0.703. The number of hydrogen-bond donors (Lipinski definition) is 2. The quantitative estimate of drug-likeness (QED) is 0.804.